The van der Waals surface area contributed by atoms with Gasteiger partial charge in [-0.3, -0.25) is 9.48 Å². The molecule has 0 aliphatic rings. The molecule has 0 N–H and O–H groups in total. The Balaban J connectivity index is 1.58. The third-order valence-electron chi connectivity index (χ3n) is 4.19. The molecule has 0 unspecified atom stereocenters. The number of nitrogens with zero attached hydrogens (tertiary/aromatic N) is 2. The van der Waals surface area contributed by atoms with E-state index in [9.17, 15) is 4.79 Å². The predicted molar refractivity (Wildman–Crippen MR) is 102 cm³/mol. The molecule has 2 heterocycles. The average Bonchev–Trinajstić information content (AvgIpc) is 3.31. The number of hydrogen-bond donors (Lipinski definition) is 0. The highest BCUT2D eigenvalue weighted by molar-refractivity contribution is 6.07. The molecule has 2 aromatic heterocycles. The maximum Gasteiger partial charge on any atom is 0.189 e. The topological polar surface area (TPSA) is 66.5 Å². The number of methoxy groups -OCH3 is 1. The quantitative estimate of drug-likeness (QED) is 0.439. The van der Waals surface area contributed by atoms with Crippen LogP contribution in [0.2, 0.25) is 0 Å². The summed E-state index contributed by atoms with van der Waals surface area (Å²) in [6.07, 6.45) is 4.75. The predicted octanol–water partition coefficient (Wildman–Crippen LogP) is 4.29. The van der Waals surface area contributed by atoms with E-state index in [0.29, 0.717) is 23.7 Å². The summed E-state index contributed by atoms with van der Waals surface area (Å²) in [4.78, 5) is 12.3. The normalized spacial score (nSPS) is 11.1. The van der Waals surface area contributed by atoms with Gasteiger partial charge >= 0.3 is 0 Å². The Labute approximate surface area is 158 Å². The number of ether oxygens (including phenoxy) is 2. The molecule has 27 heavy (non-hydrogen) atoms. The summed E-state index contributed by atoms with van der Waals surface area (Å²) in [5.74, 6) is 2.67. The first-order valence-electron chi connectivity index (χ1n) is 8.71. The lowest BCUT2D eigenvalue weighted by atomic mass is 10.1. The van der Waals surface area contributed by atoms with Crippen LogP contribution in [0.15, 0.2) is 53.1 Å². The minimum atomic E-state index is -0.0976. The second kappa shape index (κ2) is 8.40. The Hall–Kier alpha value is -3.28. The lowest BCUT2D eigenvalue weighted by Crippen LogP contribution is -2.01. The molecule has 0 saturated carbocycles. The van der Waals surface area contributed by atoms with Crippen molar-refractivity contribution in [1.82, 2.24) is 9.78 Å². The minimum absolute atomic E-state index is 0.0976. The van der Waals surface area contributed by atoms with Crippen molar-refractivity contribution in [3.8, 4) is 11.5 Å². The number of ketones is 1. The number of furan rings is 1. The minimum Gasteiger partial charge on any atom is -0.497 e. The van der Waals surface area contributed by atoms with Gasteiger partial charge in [-0.25, -0.2) is 0 Å². The second-order valence-corrected chi connectivity index (χ2v) is 5.93. The first kappa shape index (κ1) is 18.5. The van der Waals surface area contributed by atoms with Gasteiger partial charge in [-0.05, 0) is 62.4 Å². The molecule has 0 amide bonds. The number of rotatable bonds is 8. The highest BCUT2D eigenvalue weighted by atomic mass is 16.5. The number of carbonyl (C=O) groups excluding carboxylic acids is 1. The molecule has 0 aliphatic heterocycles. The van der Waals surface area contributed by atoms with Crippen LogP contribution in [0.25, 0.3) is 6.08 Å². The summed E-state index contributed by atoms with van der Waals surface area (Å²) in [6.45, 7) is 4.91. The molecular formula is C21H22N2O4. The molecule has 140 valence electrons. The number of aryl methyl sites for hydroxylation is 1. The zero-order valence-corrected chi connectivity index (χ0v) is 15.6. The average molecular weight is 366 g/mol. The first-order chi connectivity index (χ1) is 13.1. The van der Waals surface area contributed by atoms with Crippen molar-refractivity contribution < 1.29 is 18.7 Å². The molecule has 0 saturated heterocycles. The number of carbonyl (C=O) groups is 1. The standard InChI is InChI=1S/C21H22N2O4/c1-4-23-15(2)20(13-22-23)21(24)12-11-18-9-10-19(27-18)14-26-17-7-5-16(25-3)6-8-17/h5-13H,4,14H2,1-3H3/b12-11+. The molecular weight excluding hydrogens is 344 g/mol. The summed E-state index contributed by atoms with van der Waals surface area (Å²) in [7, 11) is 1.62. The Morgan fingerprint density at radius 1 is 1.19 bits per heavy atom. The van der Waals surface area contributed by atoms with Gasteiger partial charge in [0.1, 0.15) is 29.6 Å². The summed E-state index contributed by atoms with van der Waals surface area (Å²) in [6, 6.07) is 11.0. The van der Waals surface area contributed by atoms with Gasteiger partial charge in [0.15, 0.2) is 5.78 Å². The van der Waals surface area contributed by atoms with Crippen molar-refractivity contribution in [2.45, 2.75) is 27.0 Å². The molecule has 0 atom stereocenters. The zero-order valence-electron chi connectivity index (χ0n) is 15.6. The van der Waals surface area contributed by atoms with Crippen molar-refractivity contribution in [3.63, 3.8) is 0 Å². The van der Waals surface area contributed by atoms with E-state index in [1.54, 1.807) is 30.1 Å². The van der Waals surface area contributed by atoms with Gasteiger partial charge < -0.3 is 13.9 Å². The molecule has 6 heteroatoms. The van der Waals surface area contributed by atoms with E-state index < -0.39 is 0 Å². The van der Waals surface area contributed by atoms with E-state index in [0.717, 1.165) is 23.7 Å². The van der Waals surface area contributed by atoms with Crippen molar-refractivity contribution >= 4 is 11.9 Å². The summed E-state index contributed by atoms with van der Waals surface area (Å²) < 4.78 is 18.3. The van der Waals surface area contributed by atoms with Gasteiger partial charge in [-0.15, -0.1) is 0 Å². The number of aromatic nitrogens is 2. The molecule has 3 aromatic rings. The zero-order chi connectivity index (χ0) is 19.2. The number of benzene rings is 1. The molecule has 0 bridgehead atoms. The Morgan fingerprint density at radius 2 is 1.93 bits per heavy atom. The van der Waals surface area contributed by atoms with Crippen LogP contribution in [0, 0.1) is 6.92 Å². The molecule has 0 spiro atoms. The highest BCUT2D eigenvalue weighted by Crippen LogP contribution is 2.19. The van der Waals surface area contributed by atoms with Gasteiger partial charge in [0.2, 0.25) is 0 Å². The van der Waals surface area contributed by atoms with E-state index in [4.69, 9.17) is 13.9 Å². The van der Waals surface area contributed by atoms with Crippen LogP contribution in [0.5, 0.6) is 11.5 Å². The lowest BCUT2D eigenvalue weighted by Gasteiger charge is -2.05. The largest absolute Gasteiger partial charge is 0.497 e. The monoisotopic (exact) mass is 366 g/mol. The molecule has 3 rings (SSSR count). The van der Waals surface area contributed by atoms with Crippen molar-refractivity contribution in [3.05, 3.63) is 71.4 Å². The van der Waals surface area contributed by atoms with Gasteiger partial charge in [0.25, 0.3) is 0 Å². The molecule has 0 radical (unpaired) electrons. The van der Waals surface area contributed by atoms with Gasteiger partial charge in [-0.2, -0.15) is 5.10 Å². The molecule has 0 aliphatic carbocycles. The van der Waals surface area contributed by atoms with Crippen molar-refractivity contribution in [2.24, 2.45) is 0 Å². The summed E-state index contributed by atoms with van der Waals surface area (Å²) in [5, 5.41) is 4.19. The molecule has 1 aromatic carbocycles. The smallest absolute Gasteiger partial charge is 0.189 e. The van der Waals surface area contributed by atoms with Gasteiger partial charge in [0, 0.05) is 12.2 Å². The number of hydrogen-bond acceptors (Lipinski definition) is 5. The molecule has 6 nitrogen and oxygen atoms in total. The van der Waals surface area contributed by atoms with Crippen LogP contribution in [-0.4, -0.2) is 22.7 Å². The van der Waals surface area contributed by atoms with E-state index >= 15 is 0 Å². The van der Waals surface area contributed by atoms with Crippen LogP contribution in [-0.2, 0) is 13.2 Å². The second-order valence-electron chi connectivity index (χ2n) is 5.93. The van der Waals surface area contributed by atoms with Crippen LogP contribution < -0.4 is 9.47 Å². The van der Waals surface area contributed by atoms with Gasteiger partial charge in [0.05, 0.1) is 18.9 Å². The van der Waals surface area contributed by atoms with Crippen molar-refractivity contribution in [1.29, 1.82) is 0 Å². The SMILES string of the molecule is CCn1ncc(C(=O)/C=C/c2ccc(COc3ccc(OC)cc3)o2)c1C. The van der Waals surface area contributed by atoms with E-state index in [2.05, 4.69) is 5.10 Å². The van der Waals surface area contributed by atoms with E-state index in [1.807, 2.05) is 44.2 Å². The van der Waals surface area contributed by atoms with Crippen LogP contribution >= 0.6 is 0 Å². The third kappa shape index (κ3) is 4.47. The lowest BCUT2D eigenvalue weighted by molar-refractivity contribution is 0.104. The van der Waals surface area contributed by atoms with Crippen LogP contribution in [0.4, 0.5) is 0 Å². The fourth-order valence-electron chi connectivity index (χ4n) is 2.64. The maximum absolute atomic E-state index is 12.3. The van der Waals surface area contributed by atoms with Gasteiger partial charge in [-0.1, -0.05) is 0 Å². The summed E-state index contributed by atoms with van der Waals surface area (Å²) in [5.41, 5.74) is 1.46. The Bertz CT molecular complexity index is 936. The Kier molecular flexibility index (Phi) is 5.76. The fourth-order valence-corrected chi connectivity index (χ4v) is 2.64. The van der Waals surface area contributed by atoms with Crippen molar-refractivity contribution in [2.75, 3.05) is 7.11 Å². The first-order valence-corrected chi connectivity index (χ1v) is 8.71. The highest BCUT2D eigenvalue weighted by Gasteiger charge is 2.11. The fraction of sp³-hybridized carbons (Fsp3) is 0.238. The van der Waals surface area contributed by atoms with E-state index in [1.165, 1.54) is 6.08 Å². The molecule has 0 fully saturated rings. The third-order valence-corrected chi connectivity index (χ3v) is 4.19. The van der Waals surface area contributed by atoms with Crippen LogP contribution in [0.3, 0.4) is 0 Å². The number of allylic oxidation sites excluding steroid dienone is 1. The summed E-state index contributed by atoms with van der Waals surface area (Å²) >= 11 is 0. The van der Waals surface area contributed by atoms with Crippen LogP contribution in [0.1, 0.15) is 34.5 Å². The maximum atomic E-state index is 12.3. The van der Waals surface area contributed by atoms with E-state index in [-0.39, 0.29) is 5.78 Å². The Morgan fingerprint density at radius 3 is 2.59 bits per heavy atom.